The third-order valence-corrected chi connectivity index (χ3v) is 3.90. The van der Waals surface area contributed by atoms with E-state index in [9.17, 15) is 4.79 Å². The van der Waals surface area contributed by atoms with E-state index in [4.69, 9.17) is 5.73 Å². The van der Waals surface area contributed by atoms with Crippen molar-refractivity contribution in [2.24, 2.45) is 0 Å². The fraction of sp³-hybridized carbons (Fsp3) is 0.692. The van der Waals surface area contributed by atoms with Crippen LogP contribution in [0.2, 0.25) is 0 Å². The van der Waals surface area contributed by atoms with E-state index in [-0.39, 0.29) is 24.0 Å². The number of nitrogens with zero attached hydrogens (tertiary/aromatic N) is 3. The number of nitrogens with two attached hydrogens (primary N) is 1. The molecular weight excluding hydrogens is 310 g/mol. The van der Waals surface area contributed by atoms with Gasteiger partial charge in [0, 0.05) is 49.3 Å². The van der Waals surface area contributed by atoms with E-state index >= 15 is 0 Å². The molecule has 2 heterocycles. The Bertz CT molecular complexity index is 465. The van der Waals surface area contributed by atoms with Gasteiger partial charge in [0.25, 0.3) is 0 Å². The maximum Gasteiger partial charge on any atom is 0.317 e. The summed E-state index contributed by atoms with van der Waals surface area (Å²) in [5.74, 6) is 0. The highest BCUT2D eigenvalue weighted by atomic mass is 35.5. The zero-order valence-corrected chi connectivity index (χ0v) is 14.4. The Morgan fingerprint density at radius 2 is 2.00 bits per heavy atom. The van der Waals surface area contributed by atoms with Crippen LogP contribution in [-0.4, -0.2) is 52.5 Å². The van der Waals surface area contributed by atoms with Crippen LogP contribution in [0.1, 0.15) is 25.6 Å². The second-order valence-electron chi connectivity index (χ2n) is 6.11. The van der Waals surface area contributed by atoms with Crippen LogP contribution in [0.3, 0.4) is 0 Å². The second-order valence-corrected chi connectivity index (χ2v) is 7.25. The molecule has 21 heavy (non-hydrogen) atoms. The molecular formula is C13H24ClN5OS. The van der Waals surface area contributed by atoms with E-state index in [0.717, 1.165) is 32.7 Å². The van der Waals surface area contributed by atoms with Gasteiger partial charge < -0.3 is 16.0 Å². The van der Waals surface area contributed by atoms with Gasteiger partial charge in [0.05, 0.1) is 0 Å². The highest BCUT2D eigenvalue weighted by Crippen LogP contribution is 2.17. The lowest BCUT2D eigenvalue weighted by molar-refractivity contribution is 0.131. The number of hydrogen-bond acceptors (Lipinski definition) is 5. The van der Waals surface area contributed by atoms with Crippen LogP contribution in [0.4, 0.5) is 9.93 Å². The van der Waals surface area contributed by atoms with E-state index in [0.29, 0.717) is 5.13 Å². The van der Waals surface area contributed by atoms with Crippen molar-refractivity contribution < 1.29 is 4.79 Å². The average Bonchev–Trinajstić information content (AvgIpc) is 2.73. The third kappa shape index (κ3) is 5.68. The van der Waals surface area contributed by atoms with Crippen molar-refractivity contribution in [3.05, 3.63) is 11.1 Å². The van der Waals surface area contributed by atoms with Crippen molar-refractivity contribution in [2.45, 2.75) is 32.9 Å². The molecule has 1 aromatic heterocycles. The highest BCUT2D eigenvalue weighted by Gasteiger charge is 2.24. The zero-order chi connectivity index (χ0) is 14.8. The number of hydrogen-bond donors (Lipinski definition) is 2. The number of amides is 2. The topological polar surface area (TPSA) is 74.5 Å². The number of aromatic nitrogens is 1. The van der Waals surface area contributed by atoms with Gasteiger partial charge in [-0.25, -0.2) is 9.78 Å². The summed E-state index contributed by atoms with van der Waals surface area (Å²) in [6.07, 6.45) is 1.83. The van der Waals surface area contributed by atoms with Gasteiger partial charge >= 0.3 is 6.03 Å². The van der Waals surface area contributed by atoms with Crippen LogP contribution in [0.5, 0.6) is 0 Å². The van der Waals surface area contributed by atoms with Crippen molar-refractivity contribution in [3.63, 3.8) is 0 Å². The summed E-state index contributed by atoms with van der Waals surface area (Å²) in [7, 11) is 0. The molecule has 8 heteroatoms. The molecule has 0 unspecified atom stereocenters. The second kappa shape index (κ2) is 7.29. The number of rotatable bonds is 2. The van der Waals surface area contributed by atoms with Crippen LogP contribution in [0.15, 0.2) is 6.20 Å². The molecule has 1 saturated heterocycles. The lowest BCUT2D eigenvalue weighted by Crippen LogP contribution is -2.54. The van der Waals surface area contributed by atoms with Gasteiger partial charge in [-0.1, -0.05) is 0 Å². The monoisotopic (exact) mass is 333 g/mol. The molecule has 0 aliphatic carbocycles. The molecule has 1 fully saturated rings. The maximum atomic E-state index is 12.1. The molecule has 0 bridgehead atoms. The highest BCUT2D eigenvalue weighted by molar-refractivity contribution is 7.15. The smallest absolute Gasteiger partial charge is 0.317 e. The Morgan fingerprint density at radius 3 is 2.48 bits per heavy atom. The summed E-state index contributed by atoms with van der Waals surface area (Å²) in [5.41, 5.74) is 5.45. The van der Waals surface area contributed by atoms with E-state index in [1.165, 1.54) is 16.2 Å². The van der Waals surface area contributed by atoms with E-state index in [2.05, 4.69) is 15.2 Å². The van der Waals surface area contributed by atoms with Crippen LogP contribution in [0.25, 0.3) is 0 Å². The molecule has 2 rings (SSSR count). The Balaban J connectivity index is 0.00000220. The Labute approximate surface area is 136 Å². The number of anilines is 1. The van der Waals surface area contributed by atoms with Crippen LogP contribution >= 0.6 is 23.7 Å². The molecule has 0 atom stereocenters. The predicted octanol–water partition coefficient (Wildman–Crippen LogP) is 1.77. The predicted molar refractivity (Wildman–Crippen MR) is 88.9 cm³/mol. The normalized spacial score (nSPS) is 16.4. The Morgan fingerprint density at radius 1 is 1.38 bits per heavy atom. The molecule has 6 nitrogen and oxygen atoms in total. The summed E-state index contributed by atoms with van der Waals surface area (Å²) in [5, 5.41) is 3.61. The molecule has 0 spiro atoms. The Kier molecular flexibility index (Phi) is 6.24. The van der Waals surface area contributed by atoms with Gasteiger partial charge in [0.1, 0.15) is 0 Å². The van der Waals surface area contributed by atoms with Crippen LogP contribution in [0, 0.1) is 0 Å². The lowest BCUT2D eigenvalue weighted by atomic mass is 10.1. The SMILES string of the molecule is CC(C)(C)NC(=O)N1CCN(Cc2cnc(N)s2)CC1.Cl. The van der Waals surface area contributed by atoms with Crippen molar-refractivity contribution in [2.75, 3.05) is 31.9 Å². The molecule has 1 aliphatic rings. The quantitative estimate of drug-likeness (QED) is 0.865. The fourth-order valence-corrected chi connectivity index (χ4v) is 2.85. The van der Waals surface area contributed by atoms with Crippen LogP contribution < -0.4 is 11.1 Å². The summed E-state index contributed by atoms with van der Waals surface area (Å²) >= 11 is 1.53. The maximum absolute atomic E-state index is 12.1. The molecule has 2 amide bonds. The van der Waals surface area contributed by atoms with Crippen LogP contribution in [-0.2, 0) is 6.54 Å². The average molecular weight is 334 g/mol. The fourth-order valence-electron chi connectivity index (χ4n) is 2.13. The van der Waals surface area contributed by atoms with Gasteiger partial charge in [-0.15, -0.1) is 23.7 Å². The van der Waals surface area contributed by atoms with Gasteiger partial charge in [-0.3, -0.25) is 4.90 Å². The van der Waals surface area contributed by atoms with Crippen molar-refractivity contribution >= 4 is 34.9 Å². The zero-order valence-electron chi connectivity index (χ0n) is 12.8. The van der Waals surface area contributed by atoms with Crippen molar-refractivity contribution in [1.29, 1.82) is 0 Å². The number of nitrogens with one attached hydrogen (secondary N) is 1. The van der Waals surface area contributed by atoms with Gasteiger partial charge in [-0.2, -0.15) is 0 Å². The minimum atomic E-state index is -0.186. The molecule has 0 radical (unpaired) electrons. The van der Waals surface area contributed by atoms with Gasteiger partial charge in [0.2, 0.25) is 0 Å². The Hall–Kier alpha value is -1.05. The van der Waals surface area contributed by atoms with Gasteiger partial charge in [0.15, 0.2) is 5.13 Å². The lowest BCUT2D eigenvalue weighted by Gasteiger charge is -2.36. The first-order chi connectivity index (χ1) is 9.33. The number of carbonyl (C=O) groups excluding carboxylic acids is 1. The van der Waals surface area contributed by atoms with E-state index in [1.807, 2.05) is 31.9 Å². The minimum absolute atomic E-state index is 0. The molecule has 1 aromatic rings. The molecule has 1 aliphatic heterocycles. The van der Waals surface area contributed by atoms with Crippen molar-refractivity contribution in [3.8, 4) is 0 Å². The number of nitrogen functional groups attached to an aromatic ring is 1. The first-order valence-electron chi connectivity index (χ1n) is 6.83. The number of thiazole rings is 1. The summed E-state index contributed by atoms with van der Waals surface area (Å²) in [4.78, 5) is 21.5. The van der Waals surface area contributed by atoms with Gasteiger partial charge in [-0.05, 0) is 20.8 Å². The minimum Gasteiger partial charge on any atom is -0.375 e. The molecule has 0 saturated carbocycles. The number of halogens is 1. The molecule has 120 valence electrons. The summed E-state index contributed by atoms with van der Waals surface area (Å²) in [6, 6.07) is 0.0270. The number of piperazine rings is 1. The van der Waals surface area contributed by atoms with E-state index < -0.39 is 0 Å². The first-order valence-corrected chi connectivity index (χ1v) is 7.65. The number of carbonyl (C=O) groups is 1. The standard InChI is InChI=1S/C13H23N5OS.ClH/c1-13(2,3)16-12(19)18-6-4-17(5-7-18)9-10-8-15-11(14)20-10;/h8H,4-7,9H2,1-3H3,(H2,14,15)(H,16,19);1H. The summed E-state index contributed by atoms with van der Waals surface area (Å²) < 4.78 is 0. The largest absolute Gasteiger partial charge is 0.375 e. The molecule has 0 aromatic carbocycles. The molecule has 3 N–H and O–H groups in total. The first kappa shape index (κ1) is 18.0. The number of urea groups is 1. The van der Waals surface area contributed by atoms with E-state index in [1.54, 1.807) is 0 Å². The summed E-state index contributed by atoms with van der Waals surface area (Å²) in [6.45, 7) is 10.1. The third-order valence-electron chi connectivity index (χ3n) is 3.09. The van der Waals surface area contributed by atoms with Crippen molar-refractivity contribution in [1.82, 2.24) is 20.1 Å².